The molecule has 1 atom stereocenters. The lowest BCUT2D eigenvalue weighted by atomic mass is 10.0. The van der Waals surface area contributed by atoms with E-state index in [0.717, 1.165) is 55.8 Å². The van der Waals surface area contributed by atoms with E-state index in [9.17, 15) is 0 Å². The molecule has 1 aromatic carbocycles. The molecule has 0 saturated carbocycles. The summed E-state index contributed by atoms with van der Waals surface area (Å²) in [6, 6.07) is 5.88. The van der Waals surface area contributed by atoms with E-state index in [1.807, 2.05) is 12.1 Å². The van der Waals surface area contributed by atoms with E-state index in [1.165, 1.54) is 0 Å². The van der Waals surface area contributed by atoms with Gasteiger partial charge < -0.3 is 20.6 Å². The number of para-hydroxylation sites is 1. The lowest BCUT2D eigenvalue weighted by Crippen LogP contribution is -2.41. The molecule has 0 aromatic heterocycles. The van der Waals surface area contributed by atoms with E-state index in [2.05, 4.69) is 30.0 Å². The van der Waals surface area contributed by atoms with Crippen LogP contribution in [0, 0.1) is 6.92 Å². The van der Waals surface area contributed by atoms with E-state index in [-0.39, 0.29) is 11.9 Å². The molecule has 5 nitrogen and oxygen atoms in total. The number of amidine groups is 1. The Labute approximate surface area is 126 Å². The van der Waals surface area contributed by atoms with Crippen molar-refractivity contribution in [2.75, 3.05) is 24.6 Å². The first-order valence-electron chi connectivity index (χ1n) is 7.61. The first-order chi connectivity index (χ1) is 10.2. The van der Waals surface area contributed by atoms with Gasteiger partial charge in [0.05, 0.1) is 11.8 Å². The number of nitrogens with two attached hydrogens (primary N) is 1. The van der Waals surface area contributed by atoms with Crippen molar-refractivity contribution in [3.8, 4) is 0 Å². The lowest BCUT2D eigenvalue weighted by molar-refractivity contribution is 0.0440. The number of nitrogens with zero attached hydrogens (tertiary/aromatic N) is 2. The second-order valence-electron chi connectivity index (χ2n) is 5.54. The molecule has 1 fully saturated rings. The van der Waals surface area contributed by atoms with E-state index in [1.54, 1.807) is 0 Å². The third-order valence-electron chi connectivity index (χ3n) is 3.87. The maximum Gasteiger partial charge on any atom is 0.172 e. The molecule has 1 aromatic rings. The molecular weight excluding hydrogens is 266 g/mol. The summed E-state index contributed by atoms with van der Waals surface area (Å²) < 4.78 is 5.90. The van der Waals surface area contributed by atoms with Crippen LogP contribution in [0.1, 0.15) is 37.3 Å². The summed E-state index contributed by atoms with van der Waals surface area (Å²) >= 11 is 0. The van der Waals surface area contributed by atoms with Gasteiger partial charge in [-0.25, -0.2) is 0 Å². The molecular formula is C16H25N3O2. The van der Waals surface area contributed by atoms with Gasteiger partial charge >= 0.3 is 0 Å². The third-order valence-corrected chi connectivity index (χ3v) is 3.87. The van der Waals surface area contributed by atoms with Crippen LogP contribution in [0.25, 0.3) is 0 Å². The Morgan fingerprint density at radius 2 is 2.33 bits per heavy atom. The lowest BCUT2D eigenvalue weighted by Gasteiger charge is -2.36. The number of piperidine rings is 1. The highest BCUT2D eigenvalue weighted by atomic mass is 16.5. The summed E-state index contributed by atoms with van der Waals surface area (Å²) in [4.78, 5) is 2.30. The predicted octanol–water partition coefficient (Wildman–Crippen LogP) is 2.48. The summed E-state index contributed by atoms with van der Waals surface area (Å²) in [6.45, 7) is 6.82. The average molecular weight is 291 g/mol. The second-order valence-corrected chi connectivity index (χ2v) is 5.54. The van der Waals surface area contributed by atoms with Crippen LogP contribution in [0.2, 0.25) is 0 Å². The van der Waals surface area contributed by atoms with Gasteiger partial charge in [-0.15, -0.1) is 0 Å². The Kier molecular flexibility index (Phi) is 5.44. The van der Waals surface area contributed by atoms with Gasteiger partial charge in [0.15, 0.2) is 5.84 Å². The zero-order valence-electron chi connectivity index (χ0n) is 12.9. The second kappa shape index (κ2) is 7.31. The van der Waals surface area contributed by atoms with E-state index < -0.39 is 0 Å². The maximum absolute atomic E-state index is 8.99. The van der Waals surface area contributed by atoms with Crippen molar-refractivity contribution in [1.29, 1.82) is 0 Å². The standard InChI is InChI=1S/C16H25N3O2/c1-3-10-21-13-7-5-9-19(11-13)15-12(2)6-4-8-14(15)16(17)18-20/h4,6,8,13,20H,3,5,7,9-11H2,1-2H3,(H2,17,18). The van der Waals surface area contributed by atoms with Gasteiger partial charge in [0.25, 0.3) is 0 Å². The van der Waals surface area contributed by atoms with Crippen LogP contribution in [0.15, 0.2) is 23.4 Å². The molecule has 116 valence electrons. The third kappa shape index (κ3) is 3.67. The number of benzene rings is 1. The topological polar surface area (TPSA) is 71.1 Å². The molecule has 0 radical (unpaired) electrons. The first-order valence-corrected chi connectivity index (χ1v) is 7.61. The fourth-order valence-electron chi connectivity index (χ4n) is 2.90. The molecule has 21 heavy (non-hydrogen) atoms. The van der Waals surface area contributed by atoms with Gasteiger partial charge in [0.1, 0.15) is 0 Å². The largest absolute Gasteiger partial charge is 0.409 e. The number of anilines is 1. The number of aryl methyl sites for hydroxylation is 1. The molecule has 1 saturated heterocycles. The van der Waals surface area contributed by atoms with Crippen LogP contribution < -0.4 is 10.6 Å². The van der Waals surface area contributed by atoms with Crippen LogP contribution in [0.5, 0.6) is 0 Å². The average Bonchev–Trinajstić information content (AvgIpc) is 2.52. The van der Waals surface area contributed by atoms with Crippen molar-refractivity contribution in [1.82, 2.24) is 0 Å². The van der Waals surface area contributed by atoms with Crippen molar-refractivity contribution < 1.29 is 9.94 Å². The summed E-state index contributed by atoms with van der Waals surface area (Å²) in [5.74, 6) is 0.158. The molecule has 1 aliphatic rings. The van der Waals surface area contributed by atoms with Gasteiger partial charge in [-0.2, -0.15) is 0 Å². The summed E-state index contributed by atoms with van der Waals surface area (Å²) in [5.41, 5.74) is 8.80. The molecule has 2 rings (SSSR count). The summed E-state index contributed by atoms with van der Waals surface area (Å²) in [6.07, 6.45) is 3.49. The number of rotatable bonds is 5. The fourth-order valence-corrected chi connectivity index (χ4v) is 2.90. The molecule has 5 heteroatoms. The van der Waals surface area contributed by atoms with Crippen LogP contribution in [-0.4, -0.2) is 36.8 Å². The minimum absolute atomic E-state index is 0.158. The molecule has 0 aliphatic carbocycles. The van der Waals surface area contributed by atoms with E-state index >= 15 is 0 Å². The van der Waals surface area contributed by atoms with Crippen molar-refractivity contribution >= 4 is 11.5 Å². The van der Waals surface area contributed by atoms with Crippen LogP contribution in [0.4, 0.5) is 5.69 Å². The predicted molar refractivity (Wildman–Crippen MR) is 85.2 cm³/mol. The minimum atomic E-state index is 0.158. The number of oxime groups is 1. The molecule has 1 unspecified atom stereocenters. The molecule has 1 aliphatic heterocycles. The molecule has 3 N–H and O–H groups in total. The van der Waals surface area contributed by atoms with Gasteiger partial charge in [0.2, 0.25) is 0 Å². The molecule has 0 amide bonds. The first kappa shape index (κ1) is 15.6. The Bertz CT molecular complexity index is 502. The molecule has 0 spiro atoms. The number of ether oxygens (including phenoxy) is 1. The van der Waals surface area contributed by atoms with E-state index in [0.29, 0.717) is 0 Å². The smallest absolute Gasteiger partial charge is 0.172 e. The summed E-state index contributed by atoms with van der Waals surface area (Å²) in [5, 5.41) is 12.2. The minimum Gasteiger partial charge on any atom is -0.409 e. The normalized spacial score (nSPS) is 19.8. The summed E-state index contributed by atoms with van der Waals surface area (Å²) in [7, 11) is 0. The molecule has 0 bridgehead atoms. The van der Waals surface area contributed by atoms with Crippen molar-refractivity contribution in [3.63, 3.8) is 0 Å². The fraction of sp³-hybridized carbons (Fsp3) is 0.562. The SMILES string of the molecule is CCCOC1CCCN(c2c(C)cccc2/C(N)=N/O)C1. The number of hydrogen-bond donors (Lipinski definition) is 2. The quantitative estimate of drug-likeness (QED) is 0.378. The zero-order chi connectivity index (χ0) is 15.2. The van der Waals surface area contributed by atoms with Gasteiger partial charge in [0, 0.05) is 25.3 Å². The highest BCUT2D eigenvalue weighted by Crippen LogP contribution is 2.28. The van der Waals surface area contributed by atoms with Gasteiger partial charge in [-0.1, -0.05) is 24.2 Å². The highest BCUT2D eigenvalue weighted by molar-refractivity contribution is 6.02. The Morgan fingerprint density at radius 1 is 1.52 bits per heavy atom. The van der Waals surface area contributed by atoms with Gasteiger partial charge in [-0.3, -0.25) is 0 Å². The Morgan fingerprint density at radius 3 is 3.05 bits per heavy atom. The number of hydrogen-bond acceptors (Lipinski definition) is 4. The maximum atomic E-state index is 8.99. The van der Waals surface area contributed by atoms with E-state index in [4.69, 9.17) is 15.7 Å². The zero-order valence-corrected chi connectivity index (χ0v) is 12.9. The van der Waals surface area contributed by atoms with Gasteiger partial charge in [-0.05, 0) is 37.8 Å². The van der Waals surface area contributed by atoms with Crippen molar-refractivity contribution in [2.45, 2.75) is 39.2 Å². The highest BCUT2D eigenvalue weighted by Gasteiger charge is 2.24. The van der Waals surface area contributed by atoms with Crippen LogP contribution in [0.3, 0.4) is 0 Å². The van der Waals surface area contributed by atoms with Crippen molar-refractivity contribution in [2.24, 2.45) is 10.9 Å². The van der Waals surface area contributed by atoms with Crippen LogP contribution >= 0.6 is 0 Å². The van der Waals surface area contributed by atoms with Crippen molar-refractivity contribution in [3.05, 3.63) is 29.3 Å². The Balaban J connectivity index is 2.24. The monoisotopic (exact) mass is 291 g/mol. The Hall–Kier alpha value is -1.75. The molecule has 1 heterocycles. The van der Waals surface area contributed by atoms with Crippen LogP contribution in [-0.2, 0) is 4.74 Å².